The summed E-state index contributed by atoms with van der Waals surface area (Å²) in [5.41, 5.74) is 3.41. The molecular weight excluding hydrogens is 368 g/mol. The summed E-state index contributed by atoms with van der Waals surface area (Å²) < 4.78 is 0. The molecule has 6 heteroatoms. The molecule has 0 aliphatic carbocycles. The molecule has 4 aromatic rings. The first-order valence-electron chi connectivity index (χ1n) is 8.99. The molecule has 0 bridgehead atoms. The van der Waals surface area contributed by atoms with Crippen LogP contribution in [0, 0.1) is 0 Å². The molecule has 0 fully saturated rings. The average Bonchev–Trinajstić information content (AvgIpc) is 3.21. The van der Waals surface area contributed by atoms with Gasteiger partial charge in [-0.25, -0.2) is 4.98 Å². The Morgan fingerprint density at radius 1 is 1.00 bits per heavy atom. The standard InChI is InChI=1S/C22H20N4OS/c1-26(15-19-6-3-11-28-19)14-16-4-2-5-18(12-16)22-24-20(13-21(27)25-22)17-7-9-23-10-8-17/h2-13H,14-15H2,1H3,(H,24,25,27). The highest BCUT2D eigenvalue weighted by Gasteiger charge is 2.08. The molecule has 0 amide bonds. The predicted molar refractivity (Wildman–Crippen MR) is 113 cm³/mol. The van der Waals surface area contributed by atoms with Crippen LogP contribution in [0.15, 0.2) is 77.2 Å². The number of rotatable bonds is 6. The van der Waals surface area contributed by atoms with Gasteiger partial charge in [0.25, 0.3) is 5.56 Å². The van der Waals surface area contributed by atoms with E-state index in [0.717, 1.165) is 24.2 Å². The van der Waals surface area contributed by atoms with Crippen molar-refractivity contribution in [3.63, 3.8) is 0 Å². The first-order chi connectivity index (χ1) is 13.7. The van der Waals surface area contributed by atoms with Crippen molar-refractivity contribution in [3.05, 3.63) is 93.2 Å². The Kier molecular flexibility index (Phi) is 5.41. The van der Waals surface area contributed by atoms with Gasteiger partial charge >= 0.3 is 0 Å². The maximum absolute atomic E-state index is 12.2. The van der Waals surface area contributed by atoms with E-state index in [1.54, 1.807) is 23.7 Å². The fourth-order valence-electron chi connectivity index (χ4n) is 3.12. The summed E-state index contributed by atoms with van der Waals surface area (Å²) >= 11 is 1.77. The Labute approximate surface area is 167 Å². The van der Waals surface area contributed by atoms with E-state index < -0.39 is 0 Å². The van der Waals surface area contributed by atoms with Crippen LogP contribution in [-0.4, -0.2) is 26.9 Å². The maximum atomic E-state index is 12.2. The van der Waals surface area contributed by atoms with Crippen LogP contribution in [0.3, 0.4) is 0 Å². The van der Waals surface area contributed by atoms with Crippen molar-refractivity contribution in [2.24, 2.45) is 0 Å². The van der Waals surface area contributed by atoms with Crippen LogP contribution in [0.1, 0.15) is 10.4 Å². The van der Waals surface area contributed by atoms with E-state index in [9.17, 15) is 4.79 Å². The largest absolute Gasteiger partial charge is 0.306 e. The van der Waals surface area contributed by atoms with Crippen LogP contribution in [0.25, 0.3) is 22.6 Å². The van der Waals surface area contributed by atoms with E-state index in [1.165, 1.54) is 16.5 Å². The molecule has 3 heterocycles. The van der Waals surface area contributed by atoms with Gasteiger partial charge in [0.1, 0.15) is 5.82 Å². The third kappa shape index (κ3) is 4.42. The molecule has 0 unspecified atom stereocenters. The van der Waals surface area contributed by atoms with E-state index in [1.807, 2.05) is 24.3 Å². The number of H-pyrrole nitrogens is 1. The molecule has 5 nitrogen and oxygen atoms in total. The smallest absolute Gasteiger partial charge is 0.251 e. The molecule has 1 N–H and O–H groups in total. The molecule has 1 aromatic carbocycles. The van der Waals surface area contributed by atoms with Gasteiger partial charge < -0.3 is 4.98 Å². The first-order valence-corrected chi connectivity index (χ1v) is 9.87. The first kappa shape index (κ1) is 18.3. The molecule has 0 spiro atoms. The third-order valence-electron chi connectivity index (χ3n) is 4.38. The van der Waals surface area contributed by atoms with Gasteiger partial charge in [-0.3, -0.25) is 14.7 Å². The third-order valence-corrected chi connectivity index (χ3v) is 5.24. The number of hydrogen-bond donors (Lipinski definition) is 1. The van der Waals surface area contributed by atoms with Gasteiger partial charge in [0.05, 0.1) is 5.69 Å². The fourth-order valence-corrected chi connectivity index (χ4v) is 3.90. The Morgan fingerprint density at radius 3 is 2.64 bits per heavy atom. The van der Waals surface area contributed by atoms with Crippen molar-refractivity contribution in [2.75, 3.05) is 7.05 Å². The Morgan fingerprint density at radius 2 is 1.86 bits per heavy atom. The lowest BCUT2D eigenvalue weighted by Gasteiger charge is -2.16. The van der Waals surface area contributed by atoms with Crippen LogP contribution < -0.4 is 5.56 Å². The van der Waals surface area contributed by atoms with Gasteiger partial charge in [0.15, 0.2) is 0 Å². The quantitative estimate of drug-likeness (QED) is 0.538. The topological polar surface area (TPSA) is 61.9 Å². The number of nitrogens with one attached hydrogen (secondary N) is 1. The van der Waals surface area contributed by atoms with Gasteiger partial charge in [0, 0.05) is 47.6 Å². The van der Waals surface area contributed by atoms with Crippen LogP contribution in [0.5, 0.6) is 0 Å². The molecule has 0 radical (unpaired) electrons. The molecule has 0 saturated heterocycles. The number of pyridine rings is 1. The predicted octanol–water partition coefficient (Wildman–Crippen LogP) is 4.19. The maximum Gasteiger partial charge on any atom is 0.251 e. The molecular formula is C22H20N4OS. The van der Waals surface area contributed by atoms with E-state index in [4.69, 9.17) is 0 Å². The van der Waals surface area contributed by atoms with Crippen molar-refractivity contribution >= 4 is 11.3 Å². The molecule has 3 aromatic heterocycles. The number of hydrogen-bond acceptors (Lipinski definition) is 5. The highest BCUT2D eigenvalue weighted by Crippen LogP contribution is 2.21. The summed E-state index contributed by atoms with van der Waals surface area (Å²) in [4.78, 5) is 27.3. The summed E-state index contributed by atoms with van der Waals surface area (Å²) in [6, 6.07) is 17.6. The van der Waals surface area contributed by atoms with Crippen molar-refractivity contribution < 1.29 is 0 Å². The monoisotopic (exact) mass is 388 g/mol. The summed E-state index contributed by atoms with van der Waals surface area (Å²) in [6.07, 6.45) is 3.39. The number of benzene rings is 1. The molecule has 4 rings (SSSR count). The van der Waals surface area contributed by atoms with Crippen molar-refractivity contribution in [3.8, 4) is 22.6 Å². The van der Waals surface area contributed by atoms with Gasteiger partial charge in [-0.15, -0.1) is 11.3 Å². The molecule has 0 aliphatic heterocycles. The van der Waals surface area contributed by atoms with E-state index in [0.29, 0.717) is 11.5 Å². The van der Waals surface area contributed by atoms with Crippen LogP contribution in [-0.2, 0) is 13.1 Å². The lowest BCUT2D eigenvalue weighted by atomic mass is 10.1. The average molecular weight is 388 g/mol. The number of thiophene rings is 1. The summed E-state index contributed by atoms with van der Waals surface area (Å²) in [7, 11) is 2.11. The van der Waals surface area contributed by atoms with Crippen molar-refractivity contribution in [2.45, 2.75) is 13.1 Å². The highest BCUT2D eigenvalue weighted by atomic mass is 32.1. The van der Waals surface area contributed by atoms with Gasteiger partial charge in [-0.05, 0) is 42.3 Å². The van der Waals surface area contributed by atoms with Gasteiger partial charge in [0.2, 0.25) is 0 Å². The lowest BCUT2D eigenvalue weighted by molar-refractivity contribution is 0.322. The summed E-state index contributed by atoms with van der Waals surface area (Å²) in [5, 5.41) is 2.10. The molecule has 0 aliphatic rings. The second-order valence-electron chi connectivity index (χ2n) is 6.67. The van der Waals surface area contributed by atoms with E-state index >= 15 is 0 Å². The lowest BCUT2D eigenvalue weighted by Crippen LogP contribution is -2.16. The van der Waals surface area contributed by atoms with Crippen LogP contribution in [0.2, 0.25) is 0 Å². The van der Waals surface area contributed by atoms with E-state index in [-0.39, 0.29) is 5.56 Å². The zero-order valence-corrected chi connectivity index (χ0v) is 16.3. The molecule has 0 saturated carbocycles. The normalized spacial score (nSPS) is 11.1. The van der Waals surface area contributed by atoms with Gasteiger partial charge in [-0.2, -0.15) is 0 Å². The number of aromatic amines is 1. The zero-order valence-electron chi connectivity index (χ0n) is 15.5. The Balaban J connectivity index is 1.59. The second-order valence-corrected chi connectivity index (χ2v) is 7.70. The highest BCUT2D eigenvalue weighted by molar-refractivity contribution is 7.09. The van der Waals surface area contributed by atoms with Gasteiger partial charge in [-0.1, -0.05) is 24.3 Å². The Hall–Kier alpha value is -3.09. The SMILES string of the molecule is CN(Cc1cccc(-c2nc(-c3ccncc3)cc(=O)[nH]2)c1)Cc1cccs1. The van der Waals surface area contributed by atoms with Crippen molar-refractivity contribution in [1.29, 1.82) is 0 Å². The fraction of sp³-hybridized carbons (Fsp3) is 0.136. The Bertz CT molecular complexity index is 1110. The molecule has 28 heavy (non-hydrogen) atoms. The van der Waals surface area contributed by atoms with E-state index in [2.05, 4.69) is 56.5 Å². The van der Waals surface area contributed by atoms with Crippen LogP contribution >= 0.6 is 11.3 Å². The number of aromatic nitrogens is 3. The minimum atomic E-state index is -0.169. The molecule has 0 atom stereocenters. The number of nitrogens with zero attached hydrogens (tertiary/aromatic N) is 3. The minimum Gasteiger partial charge on any atom is -0.306 e. The summed E-state index contributed by atoms with van der Waals surface area (Å²) in [5.74, 6) is 0.571. The molecule has 140 valence electrons. The minimum absolute atomic E-state index is 0.169. The van der Waals surface area contributed by atoms with Crippen molar-refractivity contribution in [1.82, 2.24) is 19.9 Å². The summed E-state index contributed by atoms with van der Waals surface area (Å²) in [6.45, 7) is 1.73. The second kappa shape index (κ2) is 8.29. The zero-order chi connectivity index (χ0) is 19.3. The van der Waals surface area contributed by atoms with Crippen LogP contribution in [0.4, 0.5) is 0 Å².